The molecule has 2 heterocycles. The highest BCUT2D eigenvalue weighted by Crippen LogP contribution is 2.39. The Hall–Kier alpha value is -3.04. The molecule has 0 spiro atoms. The molecule has 1 aliphatic rings. The van der Waals surface area contributed by atoms with Crippen molar-refractivity contribution in [3.05, 3.63) is 46.5 Å². The van der Waals surface area contributed by atoms with Gasteiger partial charge in [-0.2, -0.15) is 13.2 Å². The largest absolute Gasteiger partial charge is 0.444 e. The molecule has 0 saturated carbocycles. The smallest absolute Gasteiger partial charge is 0.418 e. The highest BCUT2D eigenvalue weighted by Gasteiger charge is 2.36. The summed E-state index contributed by atoms with van der Waals surface area (Å²) in [5.74, 6) is 0. The van der Waals surface area contributed by atoms with Crippen LogP contribution in [0.15, 0.2) is 35.4 Å². The molecule has 1 saturated heterocycles. The standard InChI is InChI=1S/C20H23F3N4O3/c1-19(2,3)30-18(29)27-8-6-26(7-9-27)16-5-4-13(10-14(16)20(21,22)23)15-11-25-17(28)12-24-15/h4-5,10-12H,6-9H2,1-3H3,(H,25,28). The number of alkyl halides is 3. The summed E-state index contributed by atoms with van der Waals surface area (Å²) in [6.07, 6.45) is -2.75. The number of benzene rings is 1. The van der Waals surface area contributed by atoms with Gasteiger partial charge in [-0.15, -0.1) is 0 Å². The van der Waals surface area contributed by atoms with Crippen molar-refractivity contribution in [1.82, 2.24) is 14.9 Å². The van der Waals surface area contributed by atoms with Gasteiger partial charge < -0.3 is 19.5 Å². The number of nitrogens with zero attached hydrogens (tertiary/aromatic N) is 3. The number of aromatic amines is 1. The molecule has 30 heavy (non-hydrogen) atoms. The number of carbonyl (C=O) groups is 1. The molecular weight excluding hydrogens is 401 g/mol. The van der Waals surface area contributed by atoms with E-state index in [-0.39, 0.29) is 43.1 Å². The van der Waals surface area contributed by atoms with Gasteiger partial charge in [0.1, 0.15) is 5.60 Å². The number of hydrogen-bond donors (Lipinski definition) is 1. The Kier molecular flexibility index (Phi) is 5.78. The van der Waals surface area contributed by atoms with Crippen LogP contribution in [0.2, 0.25) is 0 Å². The van der Waals surface area contributed by atoms with Crippen LogP contribution in [-0.4, -0.2) is 52.7 Å². The van der Waals surface area contributed by atoms with Crippen molar-refractivity contribution < 1.29 is 22.7 Å². The Morgan fingerprint density at radius 1 is 1.13 bits per heavy atom. The lowest BCUT2D eigenvalue weighted by atomic mass is 10.0. The lowest BCUT2D eigenvalue weighted by Gasteiger charge is -2.37. The average molecular weight is 424 g/mol. The van der Waals surface area contributed by atoms with Crippen LogP contribution in [0, 0.1) is 0 Å². The van der Waals surface area contributed by atoms with Crippen LogP contribution < -0.4 is 10.5 Å². The van der Waals surface area contributed by atoms with Crippen LogP contribution in [0.4, 0.5) is 23.7 Å². The van der Waals surface area contributed by atoms with Gasteiger partial charge in [-0.1, -0.05) is 6.07 Å². The summed E-state index contributed by atoms with van der Waals surface area (Å²) in [6, 6.07) is 3.95. The van der Waals surface area contributed by atoms with Gasteiger partial charge in [0.15, 0.2) is 0 Å². The molecule has 0 atom stereocenters. The van der Waals surface area contributed by atoms with E-state index >= 15 is 0 Å². The number of rotatable bonds is 2. The zero-order chi connectivity index (χ0) is 22.1. The third-order valence-corrected chi connectivity index (χ3v) is 4.54. The van der Waals surface area contributed by atoms with E-state index in [4.69, 9.17) is 4.74 Å². The molecule has 0 bridgehead atoms. The quantitative estimate of drug-likeness (QED) is 0.798. The Bertz CT molecular complexity index is 954. The molecule has 1 aromatic heterocycles. The maximum absolute atomic E-state index is 13.8. The van der Waals surface area contributed by atoms with Crippen molar-refractivity contribution in [2.45, 2.75) is 32.5 Å². The first-order valence-corrected chi connectivity index (χ1v) is 9.43. The second kappa shape index (κ2) is 8.00. The maximum Gasteiger partial charge on any atom is 0.418 e. The number of halogens is 3. The monoisotopic (exact) mass is 424 g/mol. The van der Waals surface area contributed by atoms with Crippen LogP contribution in [0.1, 0.15) is 26.3 Å². The molecule has 1 N–H and O–H groups in total. The number of anilines is 1. The summed E-state index contributed by atoms with van der Waals surface area (Å²) in [7, 11) is 0. The van der Waals surface area contributed by atoms with Crippen molar-refractivity contribution in [2.24, 2.45) is 0 Å². The first-order chi connectivity index (χ1) is 13.9. The normalized spacial score (nSPS) is 15.3. The van der Waals surface area contributed by atoms with E-state index in [0.717, 1.165) is 12.3 Å². The number of H-pyrrole nitrogens is 1. The summed E-state index contributed by atoms with van der Waals surface area (Å²) in [4.78, 5) is 32.7. The Morgan fingerprint density at radius 3 is 2.33 bits per heavy atom. The van der Waals surface area contributed by atoms with Crippen LogP contribution in [-0.2, 0) is 10.9 Å². The summed E-state index contributed by atoms with van der Waals surface area (Å²) >= 11 is 0. The van der Waals surface area contributed by atoms with Gasteiger partial charge in [-0.3, -0.25) is 4.79 Å². The fraction of sp³-hybridized carbons (Fsp3) is 0.450. The van der Waals surface area contributed by atoms with Gasteiger partial charge in [-0.25, -0.2) is 9.78 Å². The van der Waals surface area contributed by atoms with E-state index in [9.17, 15) is 22.8 Å². The van der Waals surface area contributed by atoms with Crippen molar-refractivity contribution >= 4 is 11.8 Å². The lowest BCUT2D eigenvalue weighted by molar-refractivity contribution is -0.137. The summed E-state index contributed by atoms with van der Waals surface area (Å²) < 4.78 is 46.6. The van der Waals surface area contributed by atoms with E-state index < -0.39 is 29.0 Å². The average Bonchev–Trinajstić information content (AvgIpc) is 2.66. The summed E-state index contributed by atoms with van der Waals surface area (Å²) in [5, 5.41) is 0. The van der Waals surface area contributed by atoms with Gasteiger partial charge >= 0.3 is 12.3 Å². The third kappa shape index (κ3) is 5.11. The molecule has 2 aromatic rings. The van der Waals surface area contributed by atoms with E-state index in [1.54, 1.807) is 25.7 Å². The van der Waals surface area contributed by atoms with Crippen LogP contribution >= 0.6 is 0 Å². The number of aromatic nitrogens is 2. The molecule has 1 fully saturated rings. The van der Waals surface area contributed by atoms with Crippen molar-refractivity contribution in [3.8, 4) is 11.3 Å². The number of amides is 1. The van der Waals surface area contributed by atoms with Gasteiger partial charge in [0, 0.05) is 43.6 Å². The number of hydrogen-bond acceptors (Lipinski definition) is 5. The minimum Gasteiger partial charge on any atom is -0.444 e. The zero-order valence-corrected chi connectivity index (χ0v) is 16.9. The summed E-state index contributed by atoms with van der Waals surface area (Å²) in [5.41, 5.74) is -1.34. The topological polar surface area (TPSA) is 78.5 Å². The minimum absolute atomic E-state index is 0.0412. The van der Waals surface area contributed by atoms with E-state index in [0.29, 0.717) is 0 Å². The Morgan fingerprint density at radius 2 is 1.80 bits per heavy atom. The SMILES string of the molecule is CC(C)(C)OC(=O)N1CCN(c2ccc(-c3c[nH]c(=O)cn3)cc2C(F)(F)F)CC1. The Balaban J connectivity index is 1.82. The fourth-order valence-electron chi connectivity index (χ4n) is 3.15. The second-order valence-corrected chi connectivity index (χ2v) is 7.98. The predicted octanol–water partition coefficient (Wildman–Crippen LogP) is 3.51. The van der Waals surface area contributed by atoms with Gasteiger partial charge in [0.05, 0.1) is 17.5 Å². The second-order valence-electron chi connectivity index (χ2n) is 7.98. The molecule has 162 valence electrons. The number of piperazine rings is 1. The molecule has 3 rings (SSSR count). The van der Waals surface area contributed by atoms with Gasteiger partial charge in [-0.05, 0) is 32.9 Å². The van der Waals surface area contributed by atoms with Crippen molar-refractivity contribution in [2.75, 3.05) is 31.1 Å². The molecule has 10 heteroatoms. The van der Waals surface area contributed by atoms with Crippen LogP contribution in [0.5, 0.6) is 0 Å². The molecule has 1 aromatic carbocycles. The minimum atomic E-state index is -4.57. The van der Waals surface area contributed by atoms with Crippen LogP contribution in [0.25, 0.3) is 11.3 Å². The molecule has 1 amide bonds. The number of nitrogens with one attached hydrogen (secondary N) is 1. The first-order valence-electron chi connectivity index (χ1n) is 9.43. The molecule has 1 aliphatic heterocycles. The van der Waals surface area contributed by atoms with Gasteiger partial charge in [0.25, 0.3) is 5.56 Å². The number of ether oxygens (including phenoxy) is 1. The molecular formula is C20H23F3N4O3. The van der Waals surface area contributed by atoms with Gasteiger partial charge in [0.2, 0.25) is 0 Å². The summed E-state index contributed by atoms with van der Waals surface area (Å²) in [6.45, 7) is 6.29. The van der Waals surface area contributed by atoms with Crippen molar-refractivity contribution in [1.29, 1.82) is 0 Å². The molecule has 7 nitrogen and oxygen atoms in total. The Labute approximate surface area is 171 Å². The van der Waals surface area contributed by atoms with E-state index in [2.05, 4.69) is 9.97 Å². The maximum atomic E-state index is 13.8. The molecule has 0 aliphatic carbocycles. The third-order valence-electron chi connectivity index (χ3n) is 4.54. The zero-order valence-electron chi connectivity index (χ0n) is 16.9. The molecule has 0 radical (unpaired) electrons. The highest BCUT2D eigenvalue weighted by atomic mass is 19.4. The first kappa shape index (κ1) is 21.7. The fourth-order valence-corrected chi connectivity index (χ4v) is 3.15. The highest BCUT2D eigenvalue weighted by molar-refractivity contribution is 5.70. The predicted molar refractivity (Wildman–Crippen MR) is 105 cm³/mol. The van der Waals surface area contributed by atoms with Crippen molar-refractivity contribution in [3.63, 3.8) is 0 Å². The number of carbonyl (C=O) groups excluding carboxylic acids is 1. The van der Waals surface area contributed by atoms with Crippen LogP contribution in [0.3, 0.4) is 0 Å². The van der Waals surface area contributed by atoms with E-state index in [1.807, 2.05) is 0 Å². The molecule has 0 unspecified atom stereocenters. The lowest BCUT2D eigenvalue weighted by Crippen LogP contribution is -2.50. The van der Waals surface area contributed by atoms with E-state index in [1.165, 1.54) is 23.2 Å².